The van der Waals surface area contributed by atoms with Crippen molar-refractivity contribution in [2.45, 2.75) is 33.2 Å². The van der Waals surface area contributed by atoms with E-state index in [1.165, 1.54) is 6.07 Å². The number of rotatable bonds is 5. The topological polar surface area (TPSA) is 97.1 Å². The van der Waals surface area contributed by atoms with Gasteiger partial charge in [0.05, 0.1) is 22.6 Å². The Hall–Kier alpha value is -2.93. The number of aromatic nitrogens is 3. The lowest BCUT2D eigenvalue weighted by molar-refractivity contribution is 0.0691. The molecule has 0 aliphatic rings. The Balaban J connectivity index is 2.15. The fourth-order valence-electron chi connectivity index (χ4n) is 3.27. The molecular weight excluding hydrogens is 380 g/mol. The maximum atomic E-state index is 12.8. The highest BCUT2D eigenvalue weighted by Gasteiger charge is 2.19. The average Bonchev–Trinajstić information content (AvgIpc) is 2.65. The highest BCUT2D eigenvalue weighted by molar-refractivity contribution is 6.29. The third-order valence-corrected chi connectivity index (χ3v) is 4.88. The molecule has 146 valence electrons. The van der Waals surface area contributed by atoms with Gasteiger partial charge in [0.25, 0.3) is 5.56 Å². The molecule has 2 aromatic heterocycles. The number of benzene rings is 1. The van der Waals surface area contributed by atoms with Gasteiger partial charge in [-0.3, -0.25) is 9.36 Å². The molecule has 0 fully saturated rings. The number of anilines is 1. The highest BCUT2D eigenvalue weighted by atomic mass is 35.5. The average molecular weight is 401 g/mol. The van der Waals surface area contributed by atoms with Gasteiger partial charge in [-0.15, -0.1) is 0 Å². The third-order valence-electron chi connectivity index (χ3n) is 4.67. The van der Waals surface area contributed by atoms with Crippen molar-refractivity contribution < 1.29 is 9.90 Å². The van der Waals surface area contributed by atoms with Crippen molar-refractivity contribution in [3.8, 4) is 0 Å². The molecule has 0 saturated heterocycles. The van der Waals surface area contributed by atoms with Crippen LogP contribution in [0.2, 0.25) is 5.15 Å². The molecule has 0 radical (unpaired) electrons. The summed E-state index contributed by atoms with van der Waals surface area (Å²) in [5, 5.41) is 13.2. The summed E-state index contributed by atoms with van der Waals surface area (Å²) in [5.74, 6) is -0.485. The molecule has 0 spiro atoms. The van der Waals surface area contributed by atoms with E-state index in [0.717, 1.165) is 11.1 Å². The zero-order valence-corrected chi connectivity index (χ0v) is 16.8. The first-order chi connectivity index (χ1) is 13.2. The summed E-state index contributed by atoms with van der Waals surface area (Å²) in [4.78, 5) is 32.9. The van der Waals surface area contributed by atoms with Crippen LogP contribution in [-0.4, -0.2) is 25.6 Å². The molecule has 0 unspecified atom stereocenters. The first kappa shape index (κ1) is 19.8. The second-order valence-electron chi connectivity index (χ2n) is 6.70. The number of pyridine rings is 1. The Kier molecular flexibility index (Phi) is 5.38. The maximum Gasteiger partial charge on any atom is 0.356 e. The molecule has 0 saturated carbocycles. The Morgan fingerprint density at radius 2 is 2.04 bits per heavy atom. The number of aromatic carboxylic acids is 1. The van der Waals surface area contributed by atoms with Crippen molar-refractivity contribution in [1.82, 2.24) is 14.5 Å². The van der Waals surface area contributed by atoms with Gasteiger partial charge in [0, 0.05) is 19.0 Å². The second kappa shape index (κ2) is 7.59. The molecule has 1 atom stereocenters. The zero-order valence-electron chi connectivity index (χ0n) is 16.1. The normalized spacial score (nSPS) is 12.2. The maximum absolute atomic E-state index is 12.8. The summed E-state index contributed by atoms with van der Waals surface area (Å²) in [6, 6.07) is 6.58. The number of hydrogen-bond donors (Lipinski definition) is 2. The van der Waals surface area contributed by atoms with Crippen LogP contribution in [0.3, 0.4) is 0 Å². The number of halogens is 1. The van der Waals surface area contributed by atoms with E-state index >= 15 is 0 Å². The van der Waals surface area contributed by atoms with Crippen molar-refractivity contribution in [3.63, 3.8) is 0 Å². The van der Waals surface area contributed by atoms with Gasteiger partial charge in [0.2, 0.25) is 0 Å². The summed E-state index contributed by atoms with van der Waals surface area (Å²) in [5.41, 5.74) is 2.44. The molecule has 2 heterocycles. The number of carboxylic acid groups (broad SMARTS) is 1. The number of aryl methyl sites for hydroxylation is 2. The molecular formula is C20H21ClN4O3. The van der Waals surface area contributed by atoms with E-state index in [4.69, 9.17) is 16.6 Å². The van der Waals surface area contributed by atoms with Gasteiger partial charge in [-0.1, -0.05) is 24.6 Å². The van der Waals surface area contributed by atoms with Gasteiger partial charge >= 0.3 is 5.97 Å². The minimum atomic E-state index is -1.17. The summed E-state index contributed by atoms with van der Waals surface area (Å²) in [7, 11) is 1.72. The van der Waals surface area contributed by atoms with Gasteiger partial charge in [0.15, 0.2) is 5.69 Å². The standard InChI is InChI=1S/C20H21ClN4O3/c1-5-16-24-17-12(8-10(2)9-13(17)19(26)25(16)4)11(3)22-14-6-7-15(21)23-18(14)20(27)28/h6-9,11,22H,5H2,1-4H3,(H,27,28)/t11-/m1/s1. The van der Waals surface area contributed by atoms with Crippen LogP contribution in [0.25, 0.3) is 10.9 Å². The van der Waals surface area contributed by atoms with Gasteiger partial charge in [-0.2, -0.15) is 0 Å². The van der Waals surface area contributed by atoms with Crippen LogP contribution >= 0.6 is 11.6 Å². The van der Waals surface area contributed by atoms with E-state index in [0.29, 0.717) is 28.8 Å². The van der Waals surface area contributed by atoms with Crippen LogP contribution in [0.15, 0.2) is 29.1 Å². The van der Waals surface area contributed by atoms with Crippen molar-refractivity contribution in [2.75, 3.05) is 5.32 Å². The van der Waals surface area contributed by atoms with E-state index in [2.05, 4.69) is 10.3 Å². The summed E-state index contributed by atoms with van der Waals surface area (Å²) in [6.07, 6.45) is 0.626. The highest BCUT2D eigenvalue weighted by Crippen LogP contribution is 2.28. The zero-order chi connectivity index (χ0) is 20.6. The number of hydrogen-bond acceptors (Lipinski definition) is 5. The largest absolute Gasteiger partial charge is 0.476 e. The van der Waals surface area contributed by atoms with Crippen LogP contribution < -0.4 is 10.9 Å². The van der Waals surface area contributed by atoms with E-state index in [-0.39, 0.29) is 22.4 Å². The monoisotopic (exact) mass is 400 g/mol. The summed E-state index contributed by atoms with van der Waals surface area (Å²) in [6.45, 7) is 5.75. The number of fused-ring (bicyclic) bond motifs is 1. The molecule has 0 bridgehead atoms. The second-order valence-corrected chi connectivity index (χ2v) is 7.08. The first-order valence-electron chi connectivity index (χ1n) is 8.89. The molecule has 3 aromatic rings. The molecule has 0 aliphatic carbocycles. The number of nitrogens with zero attached hydrogens (tertiary/aromatic N) is 3. The predicted octanol–water partition coefficient (Wildman–Crippen LogP) is 3.72. The van der Waals surface area contributed by atoms with Gasteiger partial charge in [0.1, 0.15) is 11.0 Å². The Morgan fingerprint density at radius 3 is 2.68 bits per heavy atom. The minimum Gasteiger partial charge on any atom is -0.476 e. The van der Waals surface area contributed by atoms with Crippen molar-refractivity contribution in [1.29, 1.82) is 0 Å². The van der Waals surface area contributed by atoms with Crippen LogP contribution in [0.4, 0.5) is 5.69 Å². The van der Waals surface area contributed by atoms with Crippen LogP contribution in [0.1, 0.15) is 47.3 Å². The van der Waals surface area contributed by atoms with Crippen molar-refractivity contribution in [2.24, 2.45) is 7.05 Å². The number of carboxylic acids is 1. The van der Waals surface area contributed by atoms with Crippen molar-refractivity contribution >= 4 is 34.2 Å². The van der Waals surface area contributed by atoms with Gasteiger partial charge < -0.3 is 10.4 Å². The number of nitrogens with one attached hydrogen (secondary N) is 1. The van der Waals surface area contributed by atoms with Gasteiger partial charge in [-0.05, 0) is 37.6 Å². The molecule has 3 rings (SSSR count). The van der Waals surface area contributed by atoms with Crippen LogP contribution in [0.5, 0.6) is 0 Å². The molecule has 0 amide bonds. The minimum absolute atomic E-state index is 0.0987. The molecule has 1 aromatic carbocycles. The van der Waals surface area contributed by atoms with Gasteiger partial charge in [-0.25, -0.2) is 14.8 Å². The number of carbonyl (C=O) groups is 1. The molecule has 2 N–H and O–H groups in total. The quantitative estimate of drug-likeness (QED) is 0.633. The first-order valence-corrected chi connectivity index (χ1v) is 9.27. The molecule has 28 heavy (non-hydrogen) atoms. The third kappa shape index (κ3) is 3.57. The molecule has 7 nitrogen and oxygen atoms in total. The van der Waals surface area contributed by atoms with E-state index < -0.39 is 5.97 Å². The lowest BCUT2D eigenvalue weighted by Gasteiger charge is -2.20. The van der Waals surface area contributed by atoms with Crippen LogP contribution in [-0.2, 0) is 13.5 Å². The molecule has 8 heteroatoms. The Labute approximate surface area is 167 Å². The van der Waals surface area contributed by atoms with E-state index in [9.17, 15) is 14.7 Å². The van der Waals surface area contributed by atoms with Crippen LogP contribution in [0, 0.1) is 6.92 Å². The van der Waals surface area contributed by atoms with E-state index in [1.807, 2.05) is 32.9 Å². The predicted molar refractivity (Wildman–Crippen MR) is 109 cm³/mol. The Bertz CT molecular complexity index is 1140. The summed E-state index contributed by atoms with van der Waals surface area (Å²) < 4.78 is 1.56. The van der Waals surface area contributed by atoms with E-state index in [1.54, 1.807) is 17.7 Å². The summed E-state index contributed by atoms with van der Waals surface area (Å²) >= 11 is 5.83. The fraction of sp³-hybridized carbons (Fsp3) is 0.300. The Morgan fingerprint density at radius 1 is 1.32 bits per heavy atom. The fourth-order valence-corrected chi connectivity index (χ4v) is 3.42. The lowest BCUT2D eigenvalue weighted by Crippen LogP contribution is -2.23. The smallest absolute Gasteiger partial charge is 0.356 e. The van der Waals surface area contributed by atoms with Crippen molar-refractivity contribution in [3.05, 3.63) is 62.4 Å². The molecule has 0 aliphatic heterocycles. The lowest BCUT2D eigenvalue weighted by atomic mass is 10.0. The SMILES string of the molecule is CCc1nc2c([C@@H](C)Nc3ccc(Cl)nc3C(=O)O)cc(C)cc2c(=O)n1C.